The fourth-order valence-electron chi connectivity index (χ4n) is 2.47. The van der Waals surface area contributed by atoms with E-state index in [-0.39, 0.29) is 42.1 Å². The highest BCUT2D eigenvalue weighted by Gasteiger charge is 2.34. The molecular weight excluding hydrogens is 340 g/mol. The molecule has 1 saturated heterocycles. The largest absolute Gasteiger partial charge is 0.492 e. The van der Waals surface area contributed by atoms with Crippen LogP contribution in [0.2, 0.25) is 5.02 Å². The van der Waals surface area contributed by atoms with Crippen LogP contribution in [0.15, 0.2) is 17.0 Å². The van der Waals surface area contributed by atoms with Crippen molar-refractivity contribution in [3.8, 4) is 5.75 Å². The van der Waals surface area contributed by atoms with E-state index >= 15 is 0 Å². The van der Waals surface area contributed by atoms with Gasteiger partial charge >= 0.3 is 0 Å². The molecule has 1 aromatic rings. The Balaban J connectivity index is 2.50. The van der Waals surface area contributed by atoms with Crippen molar-refractivity contribution < 1.29 is 17.9 Å². The zero-order valence-corrected chi connectivity index (χ0v) is 15.0. The Morgan fingerprint density at radius 1 is 1.43 bits per heavy atom. The van der Waals surface area contributed by atoms with Crippen molar-refractivity contribution in [3.63, 3.8) is 0 Å². The minimum atomic E-state index is -3.82. The van der Waals surface area contributed by atoms with Gasteiger partial charge in [-0.2, -0.15) is 4.31 Å². The highest BCUT2D eigenvalue weighted by atomic mass is 35.5. The van der Waals surface area contributed by atoms with Gasteiger partial charge in [0.2, 0.25) is 15.9 Å². The molecule has 128 valence electrons. The van der Waals surface area contributed by atoms with Gasteiger partial charge in [0.05, 0.1) is 6.61 Å². The summed E-state index contributed by atoms with van der Waals surface area (Å²) in [5.41, 5.74) is 0.745. The zero-order valence-electron chi connectivity index (χ0n) is 13.4. The summed E-state index contributed by atoms with van der Waals surface area (Å²) in [6, 6.07) is 2.70. The van der Waals surface area contributed by atoms with Gasteiger partial charge in [-0.25, -0.2) is 8.42 Å². The van der Waals surface area contributed by atoms with Crippen molar-refractivity contribution in [2.45, 2.75) is 38.1 Å². The Kier molecular flexibility index (Phi) is 5.54. The zero-order chi connectivity index (χ0) is 17.2. The summed E-state index contributed by atoms with van der Waals surface area (Å²) >= 11 is 6.12. The summed E-state index contributed by atoms with van der Waals surface area (Å²) in [4.78, 5) is 11.6. The summed E-state index contributed by atoms with van der Waals surface area (Å²) in [5.74, 6) is 0.131. The number of ether oxygens (including phenoxy) is 1. The maximum atomic E-state index is 13.1. The Morgan fingerprint density at radius 3 is 2.78 bits per heavy atom. The second-order valence-electron chi connectivity index (χ2n) is 5.50. The number of benzene rings is 1. The first-order chi connectivity index (χ1) is 10.8. The van der Waals surface area contributed by atoms with E-state index in [4.69, 9.17) is 16.3 Å². The van der Waals surface area contributed by atoms with Crippen LogP contribution in [0.25, 0.3) is 0 Å². The molecule has 1 unspecified atom stereocenters. The fourth-order valence-corrected chi connectivity index (χ4v) is 4.47. The van der Waals surface area contributed by atoms with Crippen LogP contribution >= 0.6 is 11.6 Å². The number of carbonyl (C=O) groups is 1. The number of hydrogen-bond donors (Lipinski definition) is 1. The van der Waals surface area contributed by atoms with E-state index in [1.165, 1.54) is 10.4 Å². The molecule has 1 aromatic carbocycles. The van der Waals surface area contributed by atoms with Gasteiger partial charge < -0.3 is 10.1 Å². The van der Waals surface area contributed by atoms with E-state index in [9.17, 15) is 13.2 Å². The first-order valence-electron chi connectivity index (χ1n) is 7.48. The SMILES string of the molecule is CCOc1cc(C)c(Cl)cc1S(=O)(=O)N1CCC(=O)NCC1C. The number of carbonyl (C=O) groups excluding carboxylic acids is 1. The molecule has 1 aliphatic rings. The van der Waals surface area contributed by atoms with Gasteiger partial charge in [0.1, 0.15) is 10.6 Å². The summed E-state index contributed by atoms with van der Waals surface area (Å²) in [6.45, 7) is 6.10. The first-order valence-corrected chi connectivity index (χ1v) is 9.30. The Labute approximate surface area is 141 Å². The van der Waals surface area contributed by atoms with E-state index in [1.54, 1.807) is 26.8 Å². The third-order valence-corrected chi connectivity index (χ3v) is 6.20. The number of sulfonamides is 1. The number of aryl methyl sites for hydroxylation is 1. The summed E-state index contributed by atoms with van der Waals surface area (Å²) < 4.78 is 32.9. The highest BCUT2D eigenvalue weighted by Crippen LogP contribution is 2.33. The van der Waals surface area contributed by atoms with E-state index < -0.39 is 10.0 Å². The van der Waals surface area contributed by atoms with Crippen molar-refractivity contribution in [1.29, 1.82) is 0 Å². The van der Waals surface area contributed by atoms with Crippen molar-refractivity contribution in [1.82, 2.24) is 9.62 Å². The van der Waals surface area contributed by atoms with Crippen LogP contribution in [0.4, 0.5) is 0 Å². The average Bonchev–Trinajstić information content (AvgIpc) is 2.65. The van der Waals surface area contributed by atoms with E-state index in [1.807, 2.05) is 0 Å². The lowest BCUT2D eigenvalue weighted by Crippen LogP contribution is -2.41. The van der Waals surface area contributed by atoms with Crippen LogP contribution in [0.5, 0.6) is 5.75 Å². The third kappa shape index (κ3) is 3.79. The number of rotatable bonds is 4. The smallest absolute Gasteiger partial charge is 0.247 e. The lowest BCUT2D eigenvalue weighted by molar-refractivity contribution is -0.120. The molecule has 1 atom stereocenters. The summed E-state index contributed by atoms with van der Waals surface area (Å²) in [5, 5.41) is 3.07. The lowest BCUT2D eigenvalue weighted by Gasteiger charge is -2.26. The van der Waals surface area contributed by atoms with Gasteiger partial charge in [0, 0.05) is 30.6 Å². The molecule has 8 heteroatoms. The second kappa shape index (κ2) is 7.07. The maximum absolute atomic E-state index is 13.1. The van der Waals surface area contributed by atoms with Crippen LogP contribution in [-0.4, -0.2) is 44.4 Å². The first kappa shape index (κ1) is 18.0. The average molecular weight is 361 g/mol. The van der Waals surface area contributed by atoms with Gasteiger partial charge in [-0.3, -0.25) is 4.79 Å². The molecule has 0 aliphatic carbocycles. The van der Waals surface area contributed by atoms with Crippen LogP contribution in [0.1, 0.15) is 25.8 Å². The Bertz CT molecular complexity index is 706. The van der Waals surface area contributed by atoms with Crippen LogP contribution in [0.3, 0.4) is 0 Å². The Morgan fingerprint density at radius 2 is 2.13 bits per heavy atom. The van der Waals surface area contributed by atoms with Gasteiger partial charge in [-0.1, -0.05) is 11.6 Å². The quantitative estimate of drug-likeness (QED) is 0.890. The standard InChI is InChI=1S/C15H21ClN2O4S/c1-4-22-13-7-10(2)12(16)8-14(13)23(20,21)18-6-5-15(19)17-9-11(18)3/h7-8,11H,4-6,9H2,1-3H3,(H,17,19). The summed E-state index contributed by atoms with van der Waals surface area (Å²) in [6.07, 6.45) is 0.132. The molecule has 2 rings (SSSR count). The fraction of sp³-hybridized carbons (Fsp3) is 0.533. The van der Waals surface area contributed by atoms with Gasteiger partial charge in [0.15, 0.2) is 0 Å². The van der Waals surface area contributed by atoms with Crippen molar-refractivity contribution >= 4 is 27.5 Å². The van der Waals surface area contributed by atoms with Gasteiger partial charge in [-0.05, 0) is 38.5 Å². The normalized spacial score (nSPS) is 20.0. The molecule has 0 saturated carbocycles. The maximum Gasteiger partial charge on any atom is 0.247 e. The molecule has 0 spiro atoms. The predicted molar refractivity (Wildman–Crippen MR) is 88.3 cm³/mol. The van der Waals surface area contributed by atoms with Crippen molar-refractivity contribution in [2.24, 2.45) is 0 Å². The monoisotopic (exact) mass is 360 g/mol. The second-order valence-corrected chi connectivity index (χ2v) is 7.77. The molecule has 1 fully saturated rings. The van der Waals surface area contributed by atoms with Gasteiger partial charge in [0.25, 0.3) is 0 Å². The number of nitrogens with one attached hydrogen (secondary N) is 1. The minimum Gasteiger partial charge on any atom is -0.492 e. The number of nitrogens with zero attached hydrogens (tertiary/aromatic N) is 1. The summed E-state index contributed by atoms with van der Waals surface area (Å²) in [7, 11) is -3.82. The third-order valence-electron chi connectivity index (χ3n) is 3.76. The lowest BCUT2D eigenvalue weighted by atomic mass is 10.2. The molecule has 23 heavy (non-hydrogen) atoms. The molecular formula is C15H21ClN2O4S. The molecule has 1 aliphatic heterocycles. The van der Waals surface area contributed by atoms with E-state index in [0.717, 1.165) is 5.56 Å². The molecule has 0 bridgehead atoms. The predicted octanol–water partition coefficient (Wildman–Crippen LogP) is 1.95. The molecule has 6 nitrogen and oxygen atoms in total. The number of hydrogen-bond acceptors (Lipinski definition) is 4. The van der Waals surface area contributed by atoms with Gasteiger partial charge in [-0.15, -0.1) is 0 Å². The number of halogens is 1. The van der Waals surface area contributed by atoms with Crippen LogP contribution in [-0.2, 0) is 14.8 Å². The highest BCUT2D eigenvalue weighted by molar-refractivity contribution is 7.89. The van der Waals surface area contributed by atoms with Crippen LogP contribution < -0.4 is 10.1 Å². The van der Waals surface area contributed by atoms with Crippen molar-refractivity contribution in [3.05, 3.63) is 22.7 Å². The molecule has 1 heterocycles. The van der Waals surface area contributed by atoms with Crippen LogP contribution in [0, 0.1) is 6.92 Å². The Hall–Kier alpha value is -1.31. The number of amides is 1. The van der Waals surface area contributed by atoms with Crippen molar-refractivity contribution in [2.75, 3.05) is 19.7 Å². The minimum absolute atomic E-state index is 0.0381. The molecule has 1 N–H and O–H groups in total. The molecule has 0 radical (unpaired) electrons. The topological polar surface area (TPSA) is 75.7 Å². The molecule has 0 aromatic heterocycles. The van der Waals surface area contributed by atoms with E-state index in [2.05, 4.69) is 5.32 Å². The van der Waals surface area contributed by atoms with E-state index in [0.29, 0.717) is 11.6 Å². The molecule has 1 amide bonds.